The van der Waals surface area contributed by atoms with E-state index in [1.165, 1.54) is 11.3 Å². The monoisotopic (exact) mass is 471 g/mol. The van der Waals surface area contributed by atoms with Gasteiger partial charge in [0, 0.05) is 27.8 Å². The normalized spacial score (nSPS) is 21.0. The van der Waals surface area contributed by atoms with Crippen molar-refractivity contribution in [2.24, 2.45) is 11.1 Å². The molecule has 2 aliphatic rings. The number of nitrogens with zero attached hydrogens (tertiary/aromatic N) is 4. The summed E-state index contributed by atoms with van der Waals surface area (Å²) in [6.07, 6.45) is 1.13. The third-order valence-corrected chi connectivity index (χ3v) is 8.55. The summed E-state index contributed by atoms with van der Waals surface area (Å²) in [4.78, 5) is 16.3. The maximum absolute atomic E-state index is 13.5. The van der Waals surface area contributed by atoms with Gasteiger partial charge in [0.1, 0.15) is 5.82 Å². The molecule has 4 rings (SSSR count). The predicted molar refractivity (Wildman–Crippen MR) is 127 cm³/mol. The Hall–Kier alpha value is -2.15. The Morgan fingerprint density at radius 3 is 2.71 bits per heavy atom. The minimum absolute atomic E-state index is 0.0793. The van der Waals surface area contributed by atoms with Crippen LogP contribution in [0.1, 0.15) is 56.9 Å². The van der Waals surface area contributed by atoms with Gasteiger partial charge in [0.15, 0.2) is 10.1 Å². The maximum atomic E-state index is 13.5. The minimum atomic E-state index is -0.419. The molecule has 0 saturated carbocycles. The molecule has 0 aromatic carbocycles. The number of nitrogens with two attached hydrogens (primary N) is 1. The van der Waals surface area contributed by atoms with Gasteiger partial charge in [0.2, 0.25) is 5.13 Å². The highest BCUT2D eigenvalue weighted by Gasteiger charge is 2.46. The van der Waals surface area contributed by atoms with Crippen LogP contribution in [0, 0.1) is 23.7 Å². The van der Waals surface area contributed by atoms with Crippen molar-refractivity contribution < 1.29 is 4.79 Å². The molecule has 6 nitrogen and oxygen atoms in total. The van der Waals surface area contributed by atoms with E-state index >= 15 is 0 Å². The molecule has 162 valence electrons. The van der Waals surface area contributed by atoms with E-state index in [0.717, 1.165) is 20.5 Å². The molecule has 0 radical (unpaired) electrons. The molecule has 2 aromatic rings. The van der Waals surface area contributed by atoms with E-state index in [1.54, 1.807) is 23.1 Å². The summed E-state index contributed by atoms with van der Waals surface area (Å²) >= 11 is 4.65. The first-order valence-corrected chi connectivity index (χ1v) is 12.7. The number of rotatable bonds is 4. The second-order valence-corrected chi connectivity index (χ2v) is 12.7. The smallest absolute Gasteiger partial charge is 0.219 e. The lowest BCUT2D eigenvalue weighted by molar-refractivity contribution is -0.118. The fourth-order valence-corrected chi connectivity index (χ4v) is 7.36. The van der Waals surface area contributed by atoms with Gasteiger partial charge in [-0.1, -0.05) is 50.8 Å². The summed E-state index contributed by atoms with van der Waals surface area (Å²) in [5, 5.41) is 21.8. The first-order valence-electron chi connectivity index (χ1n) is 10.1. The molecule has 0 spiro atoms. The summed E-state index contributed by atoms with van der Waals surface area (Å²) in [6.45, 7) is 10.4. The van der Waals surface area contributed by atoms with Crippen molar-refractivity contribution in [1.82, 2.24) is 10.2 Å². The zero-order valence-corrected chi connectivity index (χ0v) is 20.7. The average Bonchev–Trinajstić information content (AvgIpc) is 3.28. The van der Waals surface area contributed by atoms with Crippen LogP contribution in [-0.4, -0.2) is 21.2 Å². The van der Waals surface area contributed by atoms with Gasteiger partial charge in [0.05, 0.1) is 17.6 Å². The Morgan fingerprint density at radius 2 is 2.10 bits per heavy atom. The molecule has 3 heterocycles. The van der Waals surface area contributed by atoms with Crippen molar-refractivity contribution in [1.29, 1.82) is 5.26 Å². The van der Waals surface area contributed by atoms with Crippen LogP contribution >= 0.6 is 34.4 Å². The van der Waals surface area contributed by atoms with Crippen LogP contribution in [0.25, 0.3) is 0 Å². The number of aromatic nitrogens is 2. The summed E-state index contributed by atoms with van der Waals surface area (Å²) in [6, 6.07) is 4.34. The second-order valence-electron chi connectivity index (χ2n) is 8.97. The summed E-state index contributed by atoms with van der Waals surface area (Å²) < 4.78 is 0.844. The number of thiophene rings is 1. The SMILES string of the molecule is Cc1ccsc1C1C(C#N)=C(N)N(c2nnc(SC(C)C)s2)C2=C1C(=O)CC(C)(C)C2. The van der Waals surface area contributed by atoms with Gasteiger partial charge < -0.3 is 5.73 Å². The molecule has 0 amide bonds. The molecule has 1 unspecified atom stereocenters. The number of allylic oxidation sites excluding steroid dienone is 3. The Labute approximate surface area is 194 Å². The van der Waals surface area contributed by atoms with Gasteiger partial charge in [0.25, 0.3) is 0 Å². The van der Waals surface area contributed by atoms with Crippen molar-refractivity contribution in [3.05, 3.63) is 44.6 Å². The summed E-state index contributed by atoms with van der Waals surface area (Å²) in [7, 11) is 0. The number of aryl methyl sites for hydroxylation is 1. The van der Waals surface area contributed by atoms with Crippen LogP contribution in [0.3, 0.4) is 0 Å². The van der Waals surface area contributed by atoms with Crippen LogP contribution in [-0.2, 0) is 4.79 Å². The van der Waals surface area contributed by atoms with E-state index in [2.05, 4.69) is 44.0 Å². The zero-order chi connectivity index (χ0) is 22.5. The molecule has 0 bridgehead atoms. The molecule has 0 saturated heterocycles. The van der Waals surface area contributed by atoms with Crippen molar-refractivity contribution >= 4 is 45.4 Å². The Kier molecular flexibility index (Phi) is 5.75. The van der Waals surface area contributed by atoms with Crippen molar-refractivity contribution in [3.8, 4) is 6.07 Å². The summed E-state index contributed by atoms with van der Waals surface area (Å²) in [5.74, 6) is 0.00896. The average molecular weight is 472 g/mol. The third-order valence-electron chi connectivity index (χ3n) is 5.47. The van der Waals surface area contributed by atoms with Gasteiger partial charge in [-0.3, -0.25) is 9.69 Å². The largest absolute Gasteiger partial charge is 0.384 e. The molecular weight excluding hydrogens is 446 g/mol. The number of carbonyl (C=O) groups excluding carboxylic acids is 1. The van der Waals surface area contributed by atoms with Crippen LogP contribution in [0.2, 0.25) is 0 Å². The van der Waals surface area contributed by atoms with Gasteiger partial charge in [-0.15, -0.1) is 21.5 Å². The zero-order valence-electron chi connectivity index (χ0n) is 18.2. The van der Waals surface area contributed by atoms with Gasteiger partial charge >= 0.3 is 0 Å². The molecule has 9 heteroatoms. The van der Waals surface area contributed by atoms with Crippen molar-refractivity contribution in [2.45, 2.75) is 63.0 Å². The van der Waals surface area contributed by atoms with Crippen LogP contribution in [0.15, 0.2) is 38.5 Å². The van der Waals surface area contributed by atoms with E-state index in [0.29, 0.717) is 40.2 Å². The van der Waals surface area contributed by atoms with Crippen LogP contribution < -0.4 is 10.6 Å². The van der Waals surface area contributed by atoms with Crippen LogP contribution in [0.4, 0.5) is 5.13 Å². The van der Waals surface area contributed by atoms with Gasteiger partial charge in [-0.25, -0.2) is 0 Å². The first-order chi connectivity index (χ1) is 14.6. The predicted octanol–water partition coefficient (Wildman–Crippen LogP) is 5.35. The second kappa shape index (κ2) is 8.08. The highest BCUT2D eigenvalue weighted by atomic mass is 32.2. The number of hydrogen-bond donors (Lipinski definition) is 1. The number of carbonyl (C=O) groups is 1. The molecule has 31 heavy (non-hydrogen) atoms. The Balaban J connectivity index is 1.93. The highest BCUT2D eigenvalue weighted by molar-refractivity contribution is 8.01. The molecule has 0 fully saturated rings. The van der Waals surface area contributed by atoms with Crippen molar-refractivity contribution in [2.75, 3.05) is 4.90 Å². The minimum Gasteiger partial charge on any atom is -0.384 e. The maximum Gasteiger partial charge on any atom is 0.219 e. The topological polar surface area (TPSA) is 95.9 Å². The number of nitriles is 1. The Morgan fingerprint density at radius 1 is 1.35 bits per heavy atom. The molecular formula is C22H25N5OS3. The lowest BCUT2D eigenvalue weighted by Crippen LogP contribution is -2.42. The molecule has 1 aliphatic heterocycles. The number of ketones is 1. The number of Topliss-reactive ketones (excluding diaryl/α,β-unsaturated/α-hetero) is 1. The molecule has 1 atom stereocenters. The molecule has 1 aliphatic carbocycles. The van der Waals surface area contributed by atoms with Crippen molar-refractivity contribution in [3.63, 3.8) is 0 Å². The van der Waals surface area contributed by atoms with E-state index in [4.69, 9.17) is 5.73 Å². The lowest BCUT2D eigenvalue weighted by atomic mass is 9.69. The number of hydrogen-bond acceptors (Lipinski definition) is 9. The number of thioether (sulfide) groups is 1. The van der Waals surface area contributed by atoms with E-state index in [1.807, 2.05) is 23.3 Å². The fraction of sp³-hybridized carbons (Fsp3) is 0.455. The van der Waals surface area contributed by atoms with E-state index in [-0.39, 0.29) is 11.2 Å². The lowest BCUT2D eigenvalue weighted by Gasteiger charge is -2.42. The summed E-state index contributed by atoms with van der Waals surface area (Å²) in [5.41, 5.74) is 9.45. The first kappa shape index (κ1) is 22.1. The van der Waals surface area contributed by atoms with Gasteiger partial charge in [-0.05, 0) is 35.8 Å². The fourth-order valence-electron chi connectivity index (χ4n) is 4.21. The van der Waals surface area contributed by atoms with Crippen LogP contribution in [0.5, 0.6) is 0 Å². The highest BCUT2D eigenvalue weighted by Crippen LogP contribution is 2.52. The quantitative estimate of drug-likeness (QED) is 0.600. The third kappa shape index (κ3) is 3.93. The van der Waals surface area contributed by atoms with E-state index in [9.17, 15) is 10.1 Å². The van der Waals surface area contributed by atoms with Gasteiger partial charge in [-0.2, -0.15) is 5.26 Å². The standard InChI is InChI=1S/C22H25N5OS3/c1-11(2)30-21-26-25-20(31-21)27-14-8-22(4,5)9-15(28)17(14)16(13(10-23)19(27)24)18-12(3)6-7-29-18/h6-7,11,16H,8-9,24H2,1-5H3. The molecule has 2 N–H and O–H groups in total. The van der Waals surface area contributed by atoms with E-state index < -0.39 is 5.92 Å². The Bertz CT molecular complexity index is 1150. The number of anilines is 1. The molecule has 2 aromatic heterocycles.